The molecule has 0 aliphatic rings. The zero-order valence-electron chi connectivity index (χ0n) is 11.8. The fraction of sp³-hybridized carbons (Fsp3) is 0.353. The van der Waals surface area contributed by atoms with Gasteiger partial charge in [-0.05, 0) is 23.3 Å². The van der Waals surface area contributed by atoms with E-state index >= 15 is 0 Å². The highest BCUT2D eigenvalue weighted by Crippen LogP contribution is 2.37. The van der Waals surface area contributed by atoms with Crippen molar-refractivity contribution >= 4 is 10.8 Å². The summed E-state index contributed by atoms with van der Waals surface area (Å²) in [5.74, 6) is 0.215. The Morgan fingerprint density at radius 2 is 2.00 bits per heavy atom. The van der Waals surface area contributed by atoms with Crippen molar-refractivity contribution in [1.29, 1.82) is 5.26 Å². The van der Waals surface area contributed by atoms with Crippen LogP contribution in [0.5, 0.6) is 5.75 Å². The van der Waals surface area contributed by atoms with E-state index in [2.05, 4.69) is 6.07 Å². The molecule has 2 rings (SSSR count). The summed E-state index contributed by atoms with van der Waals surface area (Å²) in [6.07, 6.45) is 0.702. The van der Waals surface area contributed by atoms with E-state index in [9.17, 15) is 10.4 Å². The maximum absolute atomic E-state index is 10.6. The van der Waals surface area contributed by atoms with Crippen LogP contribution in [0.1, 0.15) is 31.4 Å². The molecule has 0 saturated carbocycles. The number of ether oxygens (including phenoxy) is 1. The van der Waals surface area contributed by atoms with Crippen LogP contribution in [0.4, 0.5) is 0 Å². The van der Waals surface area contributed by atoms with E-state index in [1.165, 1.54) is 0 Å². The summed E-state index contributed by atoms with van der Waals surface area (Å²) < 4.78 is 5.38. The summed E-state index contributed by atoms with van der Waals surface area (Å²) in [7, 11) is 1.58. The summed E-state index contributed by atoms with van der Waals surface area (Å²) in [5.41, 5.74) is 0.714. The highest BCUT2D eigenvalue weighted by Gasteiger charge is 2.25. The minimum Gasteiger partial charge on any atom is -0.496 e. The summed E-state index contributed by atoms with van der Waals surface area (Å²) in [4.78, 5) is 0. The number of fused-ring (bicyclic) bond motifs is 1. The number of hydrogen-bond acceptors (Lipinski definition) is 3. The van der Waals surface area contributed by atoms with Crippen molar-refractivity contribution in [3.05, 3.63) is 42.0 Å². The third-order valence-electron chi connectivity index (χ3n) is 3.59. The first-order valence-corrected chi connectivity index (χ1v) is 6.86. The third-order valence-corrected chi connectivity index (χ3v) is 3.59. The highest BCUT2D eigenvalue weighted by atomic mass is 16.5. The van der Waals surface area contributed by atoms with Gasteiger partial charge in [0.25, 0.3) is 0 Å². The number of benzene rings is 2. The average molecular weight is 269 g/mol. The lowest BCUT2D eigenvalue weighted by Crippen LogP contribution is -2.12. The first-order chi connectivity index (χ1) is 9.72. The topological polar surface area (TPSA) is 53.2 Å². The van der Waals surface area contributed by atoms with E-state index in [0.717, 1.165) is 17.2 Å². The minimum atomic E-state index is -0.832. The van der Waals surface area contributed by atoms with E-state index in [4.69, 9.17) is 4.74 Å². The number of aliphatic hydroxyl groups is 1. The lowest BCUT2D eigenvalue weighted by atomic mass is 9.89. The molecule has 0 bridgehead atoms. The summed E-state index contributed by atoms with van der Waals surface area (Å²) in [6, 6.07) is 13.9. The van der Waals surface area contributed by atoms with E-state index in [-0.39, 0.29) is 0 Å². The van der Waals surface area contributed by atoms with Crippen LogP contribution in [0, 0.1) is 17.2 Å². The zero-order chi connectivity index (χ0) is 14.5. The van der Waals surface area contributed by atoms with Gasteiger partial charge in [0, 0.05) is 5.56 Å². The van der Waals surface area contributed by atoms with E-state index in [1.54, 1.807) is 7.11 Å². The van der Waals surface area contributed by atoms with Gasteiger partial charge < -0.3 is 9.84 Å². The van der Waals surface area contributed by atoms with Crippen molar-refractivity contribution in [2.24, 2.45) is 5.92 Å². The Labute approximate surface area is 119 Å². The Morgan fingerprint density at radius 1 is 1.25 bits per heavy atom. The van der Waals surface area contributed by atoms with Crippen molar-refractivity contribution in [3.8, 4) is 11.8 Å². The molecule has 104 valence electrons. The van der Waals surface area contributed by atoms with Crippen LogP contribution in [0.2, 0.25) is 0 Å². The second-order valence-corrected chi connectivity index (χ2v) is 4.87. The molecule has 2 aromatic carbocycles. The molecule has 0 saturated heterocycles. The van der Waals surface area contributed by atoms with Crippen molar-refractivity contribution in [1.82, 2.24) is 0 Å². The fourth-order valence-corrected chi connectivity index (χ4v) is 2.56. The van der Waals surface area contributed by atoms with Crippen molar-refractivity contribution in [2.75, 3.05) is 7.11 Å². The Bertz CT molecular complexity index is 630. The summed E-state index contributed by atoms with van der Waals surface area (Å²) >= 11 is 0. The Hall–Kier alpha value is -2.05. The molecule has 3 nitrogen and oxygen atoms in total. The Kier molecular flexibility index (Phi) is 4.60. The highest BCUT2D eigenvalue weighted by molar-refractivity contribution is 5.88. The molecule has 3 heteroatoms. The fourth-order valence-electron chi connectivity index (χ4n) is 2.56. The number of rotatable bonds is 5. The van der Waals surface area contributed by atoms with E-state index in [0.29, 0.717) is 17.7 Å². The van der Waals surface area contributed by atoms with Crippen LogP contribution in [-0.4, -0.2) is 12.2 Å². The van der Waals surface area contributed by atoms with E-state index < -0.39 is 12.0 Å². The molecule has 0 spiro atoms. The van der Waals surface area contributed by atoms with Gasteiger partial charge in [-0.15, -0.1) is 0 Å². The molecular weight excluding hydrogens is 250 g/mol. The van der Waals surface area contributed by atoms with Gasteiger partial charge in [-0.3, -0.25) is 0 Å². The number of nitrogens with zero attached hydrogens (tertiary/aromatic N) is 1. The maximum Gasteiger partial charge on any atom is 0.125 e. The quantitative estimate of drug-likeness (QED) is 0.897. The maximum atomic E-state index is 10.6. The number of nitriles is 1. The molecule has 0 heterocycles. The smallest absolute Gasteiger partial charge is 0.125 e. The molecule has 1 N–H and O–H groups in total. The predicted octanol–water partition coefficient (Wildman–Crippen LogP) is 3.82. The van der Waals surface area contributed by atoms with Crippen LogP contribution in [0.25, 0.3) is 10.8 Å². The van der Waals surface area contributed by atoms with Gasteiger partial charge in [0.2, 0.25) is 0 Å². The molecule has 2 aromatic rings. The number of methoxy groups -OCH3 is 1. The first-order valence-electron chi connectivity index (χ1n) is 6.86. The lowest BCUT2D eigenvalue weighted by molar-refractivity contribution is 0.128. The minimum absolute atomic E-state index is 0.417. The monoisotopic (exact) mass is 269 g/mol. The molecule has 20 heavy (non-hydrogen) atoms. The van der Waals surface area contributed by atoms with E-state index in [1.807, 2.05) is 43.3 Å². The van der Waals surface area contributed by atoms with Gasteiger partial charge in [0.05, 0.1) is 25.2 Å². The van der Waals surface area contributed by atoms with Crippen LogP contribution in [0.15, 0.2) is 36.4 Å². The van der Waals surface area contributed by atoms with Crippen LogP contribution >= 0.6 is 0 Å². The van der Waals surface area contributed by atoms with Crippen LogP contribution in [-0.2, 0) is 0 Å². The molecule has 0 fully saturated rings. The molecule has 0 radical (unpaired) electrons. The van der Waals surface area contributed by atoms with Crippen molar-refractivity contribution in [2.45, 2.75) is 25.9 Å². The normalized spacial score (nSPS) is 13.7. The molecule has 0 aliphatic carbocycles. The molecule has 0 amide bonds. The van der Waals surface area contributed by atoms with Crippen LogP contribution < -0.4 is 4.74 Å². The standard InChI is InChI=1S/C17H19NO2/c1-3-6-13(11-18)17(19)16-14-8-5-4-7-12(14)9-10-15(16)20-2/h4-5,7-10,13,17,19H,3,6H2,1-2H3. The second-order valence-electron chi connectivity index (χ2n) is 4.87. The van der Waals surface area contributed by atoms with Gasteiger partial charge in [-0.25, -0.2) is 0 Å². The van der Waals surface area contributed by atoms with Crippen LogP contribution in [0.3, 0.4) is 0 Å². The Morgan fingerprint density at radius 3 is 2.65 bits per heavy atom. The largest absolute Gasteiger partial charge is 0.496 e. The second kappa shape index (κ2) is 6.40. The molecule has 2 atom stereocenters. The molecule has 0 aliphatic heterocycles. The average Bonchev–Trinajstić information content (AvgIpc) is 2.50. The van der Waals surface area contributed by atoms with Gasteiger partial charge in [0.15, 0.2) is 0 Å². The Balaban J connectivity index is 2.58. The van der Waals surface area contributed by atoms with Gasteiger partial charge in [-0.1, -0.05) is 43.7 Å². The third kappa shape index (κ3) is 2.61. The first kappa shape index (κ1) is 14.4. The van der Waals surface area contributed by atoms with Gasteiger partial charge in [-0.2, -0.15) is 5.26 Å². The van der Waals surface area contributed by atoms with Gasteiger partial charge in [0.1, 0.15) is 5.75 Å². The van der Waals surface area contributed by atoms with Gasteiger partial charge >= 0.3 is 0 Å². The van der Waals surface area contributed by atoms with Crippen molar-refractivity contribution in [3.63, 3.8) is 0 Å². The lowest BCUT2D eigenvalue weighted by Gasteiger charge is -2.21. The number of aliphatic hydroxyl groups excluding tert-OH is 1. The number of hydrogen-bond donors (Lipinski definition) is 1. The zero-order valence-corrected chi connectivity index (χ0v) is 11.8. The summed E-state index contributed by atoms with van der Waals surface area (Å²) in [6.45, 7) is 2.01. The molecule has 2 unspecified atom stereocenters. The predicted molar refractivity (Wildman–Crippen MR) is 79.5 cm³/mol. The van der Waals surface area contributed by atoms with Crippen molar-refractivity contribution < 1.29 is 9.84 Å². The SMILES string of the molecule is CCCC(C#N)C(O)c1c(OC)ccc2ccccc12. The molecule has 0 aromatic heterocycles. The molecular formula is C17H19NO2. The summed E-state index contributed by atoms with van der Waals surface area (Å²) in [5, 5.41) is 21.9.